The van der Waals surface area contributed by atoms with Crippen molar-refractivity contribution in [3.05, 3.63) is 54.1 Å². The molecular weight excluding hydrogens is 226 g/mol. The van der Waals surface area contributed by atoms with Gasteiger partial charge in [0.2, 0.25) is 0 Å². The van der Waals surface area contributed by atoms with Gasteiger partial charge in [0.25, 0.3) is 0 Å². The van der Waals surface area contributed by atoms with Crippen molar-refractivity contribution in [3.8, 4) is 11.5 Å². The molecule has 0 aromatic heterocycles. The molecule has 3 heteroatoms. The minimum atomic E-state index is 0.302. The smallest absolute Gasteiger partial charge is 0.119 e. The zero-order chi connectivity index (χ0) is 13.0. The molecule has 2 aromatic rings. The molecule has 0 unspecified atom stereocenters. The van der Waals surface area contributed by atoms with E-state index in [0.29, 0.717) is 5.75 Å². The van der Waals surface area contributed by atoms with Crippen LogP contribution in [0.1, 0.15) is 5.56 Å². The van der Waals surface area contributed by atoms with Gasteiger partial charge in [-0.1, -0.05) is 12.1 Å². The van der Waals surface area contributed by atoms with Gasteiger partial charge in [0.05, 0.1) is 7.11 Å². The average molecular weight is 243 g/mol. The summed E-state index contributed by atoms with van der Waals surface area (Å²) >= 11 is 0. The number of benzene rings is 2. The third-order valence-corrected chi connectivity index (χ3v) is 2.84. The Bertz CT molecular complexity index is 508. The van der Waals surface area contributed by atoms with Gasteiger partial charge >= 0.3 is 0 Å². The molecule has 2 rings (SSSR count). The van der Waals surface area contributed by atoms with Gasteiger partial charge in [0.15, 0.2) is 0 Å². The van der Waals surface area contributed by atoms with Crippen LogP contribution in [0.4, 0.5) is 5.69 Å². The fourth-order valence-electron chi connectivity index (χ4n) is 1.86. The Kier molecular flexibility index (Phi) is 3.72. The molecule has 18 heavy (non-hydrogen) atoms. The largest absolute Gasteiger partial charge is 0.508 e. The van der Waals surface area contributed by atoms with E-state index < -0.39 is 0 Å². The Hall–Kier alpha value is -2.16. The van der Waals surface area contributed by atoms with E-state index in [0.717, 1.165) is 23.5 Å². The van der Waals surface area contributed by atoms with Crippen LogP contribution in [0, 0.1) is 0 Å². The second-order valence-electron chi connectivity index (χ2n) is 4.22. The molecule has 0 heterocycles. The zero-order valence-corrected chi connectivity index (χ0v) is 10.6. The lowest BCUT2D eigenvalue weighted by molar-refractivity contribution is 0.415. The van der Waals surface area contributed by atoms with Crippen molar-refractivity contribution in [3.63, 3.8) is 0 Å². The summed E-state index contributed by atoms with van der Waals surface area (Å²) in [5, 5.41) is 9.43. The quantitative estimate of drug-likeness (QED) is 0.896. The second-order valence-corrected chi connectivity index (χ2v) is 4.22. The van der Waals surface area contributed by atoms with Crippen LogP contribution in [0.5, 0.6) is 11.5 Å². The van der Waals surface area contributed by atoms with Crippen molar-refractivity contribution in [2.24, 2.45) is 0 Å². The number of hydrogen-bond acceptors (Lipinski definition) is 3. The number of rotatable bonds is 4. The Balaban J connectivity index is 2.09. The van der Waals surface area contributed by atoms with Crippen LogP contribution in [-0.2, 0) is 6.54 Å². The van der Waals surface area contributed by atoms with E-state index in [4.69, 9.17) is 4.74 Å². The first-order valence-electron chi connectivity index (χ1n) is 5.82. The summed E-state index contributed by atoms with van der Waals surface area (Å²) in [6, 6.07) is 15.2. The molecule has 0 radical (unpaired) electrons. The van der Waals surface area contributed by atoms with E-state index in [1.807, 2.05) is 43.4 Å². The highest BCUT2D eigenvalue weighted by molar-refractivity contribution is 5.49. The molecule has 94 valence electrons. The Morgan fingerprint density at radius 1 is 1.11 bits per heavy atom. The van der Waals surface area contributed by atoms with Crippen LogP contribution in [-0.4, -0.2) is 19.3 Å². The van der Waals surface area contributed by atoms with Gasteiger partial charge in [0, 0.05) is 19.3 Å². The third kappa shape index (κ3) is 2.94. The van der Waals surface area contributed by atoms with Crippen LogP contribution in [0.3, 0.4) is 0 Å². The number of phenolic OH excluding ortho intramolecular Hbond substituents is 1. The van der Waals surface area contributed by atoms with Gasteiger partial charge in [-0.2, -0.15) is 0 Å². The van der Waals surface area contributed by atoms with Crippen molar-refractivity contribution in [1.82, 2.24) is 0 Å². The first kappa shape index (κ1) is 12.3. The molecule has 0 bridgehead atoms. The molecule has 0 amide bonds. The Labute approximate surface area is 107 Å². The molecule has 0 saturated carbocycles. The van der Waals surface area contributed by atoms with Gasteiger partial charge in [-0.3, -0.25) is 0 Å². The Morgan fingerprint density at radius 3 is 2.44 bits per heavy atom. The summed E-state index contributed by atoms with van der Waals surface area (Å²) in [7, 11) is 3.68. The average Bonchev–Trinajstić information content (AvgIpc) is 2.39. The topological polar surface area (TPSA) is 32.7 Å². The normalized spacial score (nSPS) is 10.1. The van der Waals surface area contributed by atoms with Crippen LogP contribution in [0.25, 0.3) is 0 Å². The highest BCUT2D eigenvalue weighted by atomic mass is 16.5. The molecule has 0 aliphatic carbocycles. The molecule has 2 aromatic carbocycles. The third-order valence-electron chi connectivity index (χ3n) is 2.84. The predicted octanol–water partition coefficient (Wildman–Crippen LogP) is 3.04. The summed E-state index contributed by atoms with van der Waals surface area (Å²) in [6.45, 7) is 0.751. The molecule has 0 atom stereocenters. The Morgan fingerprint density at radius 2 is 1.83 bits per heavy atom. The van der Waals surface area contributed by atoms with E-state index in [1.54, 1.807) is 19.2 Å². The predicted molar refractivity (Wildman–Crippen MR) is 73.2 cm³/mol. The van der Waals surface area contributed by atoms with Gasteiger partial charge in [-0.05, 0) is 42.0 Å². The van der Waals surface area contributed by atoms with Gasteiger partial charge < -0.3 is 14.7 Å². The van der Waals surface area contributed by atoms with E-state index in [9.17, 15) is 5.11 Å². The van der Waals surface area contributed by atoms with E-state index in [-0.39, 0.29) is 0 Å². The molecule has 0 aliphatic heterocycles. The molecule has 0 spiro atoms. The number of ether oxygens (including phenoxy) is 1. The van der Waals surface area contributed by atoms with Crippen molar-refractivity contribution >= 4 is 5.69 Å². The van der Waals surface area contributed by atoms with Gasteiger partial charge in [-0.15, -0.1) is 0 Å². The van der Waals surface area contributed by atoms with Crippen LogP contribution >= 0.6 is 0 Å². The standard InChI is InChI=1S/C15H17NO2/c1-16(11-12-4-3-5-14(17)10-12)13-6-8-15(18-2)9-7-13/h3-10,17H,11H2,1-2H3. The van der Waals surface area contributed by atoms with Crippen molar-refractivity contribution in [1.29, 1.82) is 0 Å². The number of anilines is 1. The maximum atomic E-state index is 9.43. The maximum Gasteiger partial charge on any atom is 0.119 e. The maximum absolute atomic E-state index is 9.43. The fourth-order valence-corrected chi connectivity index (χ4v) is 1.86. The minimum Gasteiger partial charge on any atom is -0.508 e. The fraction of sp³-hybridized carbons (Fsp3) is 0.200. The number of phenols is 1. The van der Waals surface area contributed by atoms with Gasteiger partial charge in [0.1, 0.15) is 11.5 Å². The lowest BCUT2D eigenvalue weighted by atomic mass is 10.2. The second kappa shape index (κ2) is 5.45. The van der Waals surface area contributed by atoms with Crippen LogP contribution in [0.15, 0.2) is 48.5 Å². The zero-order valence-electron chi connectivity index (χ0n) is 10.6. The van der Waals surface area contributed by atoms with E-state index >= 15 is 0 Å². The molecule has 0 aliphatic rings. The summed E-state index contributed by atoms with van der Waals surface area (Å²) in [4.78, 5) is 2.12. The molecule has 3 nitrogen and oxygen atoms in total. The molecular formula is C15H17NO2. The van der Waals surface area contributed by atoms with Crippen LogP contribution < -0.4 is 9.64 Å². The SMILES string of the molecule is COc1ccc(N(C)Cc2cccc(O)c2)cc1. The number of nitrogens with zero attached hydrogens (tertiary/aromatic N) is 1. The van der Waals surface area contributed by atoms with Gasteiger partial charge in [-0.25, -0.2) is 0 Å². The summed E-state index contributed by atoms with van der Waals surface area (Å²) < 4.78 is 5.13. The number of aromatic hydroxyl groups is 1. The molecule has 0 fully saturated rings. The minimum absolute atomic E-state index is 0.302. The summed E-state index contributed by atoms with van der Waals surface area (Å²) in [6.07, 6.45) is 0. The van der Waals surface area contributed by atoms with E-state index in [1.165, 1.54) is 0 Å². The highest BCUT2D eigenvalue weighted by Crippen LogP contribution is 2.20. The lowest BCUT2D eigenvalue weighted by Gasteiger charge is -2.19. The summed E-state index contributed by atoms with van der Waals surface area (Å²) in [5.41, 5.74) is 2.19. The van der Waals surface area contributed by atoms with Crippen LogP contribution in [0.2, 0.25) is 0 Å². The van der Waals surface area contributed by atoms with E-state index in [2.05, 4.69) is 4.90 Å². The molecule has 1 N–H and O–H groups in total. The first-order valence-corrected chi connectivity index (χ1v) is 5.82. The monoisotopic (exact) mass is 243 g/mol. The highest BCUT2D eigenvalue weighted by Gasteiger charge is 2.03. The molecule has 0 saturated heterocycles. The summed E-state index contributed by atoms with van der Waals surface area (Å²) in [5.74, 6) is 1.15. The van der Waals surface area contributed by atoms with Crippen molar-refractivity contribution < 1.29 is 9.84 Å². The van der Waals surface area contributed by atoms with Crippen molar-refractivity contribution in [2.45, 2.75) is 6.54 Å². The number of hydrogen-bond donors (Lipinski definition) is 1. The van der Waals surface area contributed by atoms with Crippen molar-refractivity contribution in [2.75, 3.05) is 19.1 Å². The number of methoxy groups -OCH3 is 1. The lowest BCUT2D eigenvalue weighted by Crippen LogP contribution is -2.16. The first-order chi connectivity index (χ1) is 8.69.